The molecule has 0 radical (unpaired) electrons. The van der Waals surface area contributed by atoms with Crippen LogP contribution in [-0.2, 0) is 0 Å². The number of fused-ring (bicyclic) bond motifs is 1. The summed E-state index contributed by atoms with van der Waals surface area (Å²) < 4.78 is 35.6. The van der Waals surface area contributed by atoms with Crippen molar-refractivity contribution in [1.29, 1.82) is 0 Å². The van der Waals surface area contributed by atoms with Gasteiger partial charge in [-0.2, -0.15) is 13.2 Å². The van der Waals surface area contributed by atoms with Crippen molar-refractivity contribution in [1.82, 2.24) is 19.9 Å². The molecule has 2 heterocycles. The molecule has 0 aliphatic rings. The molecule has 2 aromatic heterocycles. The average molecular weight is 263 g/mol. The highest BCUT2D eigenvalue weighted by Gasteiger charge is 2.27. The van der Waals surface area contributed by atoms with Crippen molar-refractivity contribution >= 4 is 28.7 Å². The third-order valence-electron chi connectivity index (χ3n) is 1.88. The molecule has 0 unspecified atom stereocenters. The van der Waals surface area contributed by atoms with Crippen LogP contribution in [0.1, 0.15) is 0 Å². The number of nitrogens with one attached hydrogen (secondary N) is 2. The summed E-state index contributed by atoms with van der Waals surface area (Å²) in [6, 6.07) is 0. The molecule has 17 heavy (non-hydrogen) atoms. The van der Waals surface area contributed by atoms with Gasteiger partial charge in [0.25, 0.3) is 0 Å². The second kappa shape index (κ2) is 4.78. The maximum absolute atomic E-state index is 11.9. The average Bonchev–Trinajstić information content (AvgIpc) is 2.71. The SMILES string of the molecule is FC(F)(F)SCCNc1ncnc2nc[nH]c12. The van der Waals surface area contributed by atoms with Crippen molar-refractivity contribution in [3.63, 3.8) is 0 Å². The van der Waals surface area contributed by atoms with Crippen molar-refractivity contribution in [2.45, 2.75) is 5.51 Å². The number of nitrogens with zero attached hydrogens (tertiary/aromatic N) is 3. The first-order valence-corrected chi connectivity index (χ1v) is 5.63. The van der Waals surface area contributed by atoms with Gasteiger partial charge in [0.2, 0.25) is 0 Å². The van der Waals surface area contributed by atoms with Crippen LogP contribution in [0.5, 0.6) is 0 Å². The van der Waals surface area contributed by atoms with E-state index in [-0.39, 0.29) is 24.1 Å². The van der Waals surface area contributed by atoms with Gasteiger partial charge in [0.15, 0.2) is 11.5 Å². The van der Waals surface area contributed by atoms with Gasteiger partial charge in [0.1, 0.15) is 11.8 Å². The molecule has 0 saturated carbocycles. The van der Waals surface area contributed by atoms with Gasteiger partial charge in [-0.05, 0) is 11.8 Å². The highest BCUT2D eigenvalue weighted by atomic mass is 32.2. The minimum absolute atomic E-state index is 0.0715. The molecule has 0 spiro atoms. The zero-order valence-electron chi connectivity index (χ0n) is 8.45. The fraction of sp³-hybridized carbons (Fsp3) is 0.375. The third kappa shape index (κ3) is 3.22. The maximum atomic E-state index is 11.9. The third-order valence-corrected chi connectivity index (χ3v) is 2.62. The van der Waals surface area contributed by atoms with Crippen molar-refractivity contribution in [2.75, 3.05) is 17.6 Å². The molecule has 0 aliphatic carbocycles. The molecule has 0 amide bonds. The Morgan fingerprint density at radius 2 is 2.12 bits per heavy atom. The van der Waals surface area contributed by atoms with E-state index in [0.717, 1.165) is 0 Å². The highest BCUT2D eigenvalue weighted by molar-refractivity contribution is 8.00. The quantitative estimate of drug-likeness (QED) is 0.826. The van der Waals surface area contributed by atoms with E-state index in [4.69, 9.17) is 0 Å². The zero-order valence-corrected chi connectivity index (χ0v) is 9.27. The van der Waals surface area contributed by atoms with E-state index in [1.807, 2.05) is 0 Å². The molecule has 0 aromatic carbocycles. The Morgan fingerprint density at radius 1 is 1.29 bits per heavy atom. The first-order valence-electron chi connectivity index (χ1n) is 4.65. The van der Waals surface area contributed by atoms with Crippen LogP contribution in [-0.4, -0.2) is 37.7 Å². The molecule has 9 heteroatoms. The van der Waals surface area contributed by atoms with Gasteiger partial charge in [-0.3, -0.25) is 0 Å². The first kappa shape index (κ1) is 12.0. The van der Waals surface area contributed by atoms with Crippen LogP contribution in [0.2, 0.25) is 0 Å². The lowest BCUT2D eigenvalue weighted by atomic mass is 10.5. The van der Waals surface area contributed by atoms with Gasteiger partial charge in [-0.25, -0.2) is 15.0 Å². The smallest absolute Gasteiger partial charge is 0.367 e. The van der Waals surface area contributed by atoms with E-state index in [9.17, 15) is 13.2 Å². The Hall–Kier alpha value is -1.51. The van der Waals surface area contributed by atoms with Crippen molar-refractivity contribution < 1.29 is 13.2 Å². The van der Waals surface area contributed by atoms with Gasteiger partial charge < -0.3 is 10.3 Å². The summed E-state index contributed by atoms with van der Waals surface area (Å²) in [6.45, 7) is 0.162. The number of aromatic nitrogens is 4. The Morgan fingerprint density at radius 3 is 2.88 bits per heavy atom. The number of hydrogen-bond donors (Lipinski definition) is 2. The molecule has 92 valence electrons. The Labute approximate surface area is 98.2 Å². The van der Waals surface area contributed by atoms with Gasteiger partial charge in [-0.1, -0.05) is 0 Å². The number of imidazole rings is 1. The van der Waals surface area contributed by atoms with Crippen molar-refractivity contribution in [2.24, 2.45) is 0 Å². The van der Waals surface area contributed by atoms with Crippen molar-refractivity contribution in [3.8, 4) is 0 Å². The number of alkyl halides is 3. The molecule has 2 rings (SSSR count). The Kier molecular flexibility index (Phi) is 3.36. The van der Waals surface area contributed by atoms with Gasteiger partial charge in [0, 0.05) is 12.3 Å². The van der Waals surface area contributed by atoms with Crippen LogP contribution in [0.4, 0.5) is 19.0 Å². The minimum atomic E-state index is -4.20. The number of anilines is 1. The zero-order chi connectivity index (χ0) is 12.3. The lowest BCUT2D eigenvalue weighted by Crippen LogP contribution is -2.10. The summed E-state index contributed by atoms with van der Waals surface area (Å²) >= 11 is -0.0715. The van der Waals surface area contributed by atoms with Crippen LogP contribution in [0, 0.1) is 0 Å². The second-order valence-corrected chi connectivity index (χ2v) is 4.20. The predicted molar refractivity (Wildman–Crippen MR) is 58.7 cm³/mol. The van der Waals surface area contributed by atoms with Crippen LogP contribution < -0.4 is 5.32 Å². The van der Waals surface area contributed by atoms with E-state index < -0.39 is 5.51 Å². The Bertz CT molecular complexity index is 497. The molecule has 0 aliphatic heterocycles. The number of thioether (sulfide) groups is 1. The van der Waals surface area contributed by atoms with Crippen LogP contribution in [0.3, 0.4) is 0 Å². The van der Waals surface area contributed by atoms with E-state index >= 15 is 0 Å². The number of H-pyrrole nitrogens is 1. The van der Waals surface area contributed by atoms with Gasteiger partial charge in [-0.15, -0.1) is 0 Å². The van der Waals surface area contributed by atoms with Crippen LogP contribution in [0.15, 0.2) is 12.7 Å². The number of rotatable bonds is 4. The largest absolute Gasteiger partial charge is 0.441 e. The predicted octanol–water partition coefficient (Wildman–Crippen LogP) is 2.02. The first-order chi connectivity index (χ1) is 8.06. The molecule has 5 nitrogen and oxygen atoms in total. The standard InChI is InChI=1S/C8H8F3N5S/c9-8(10,11)17-2-1-12-6-5-7(14-3-13-5)16-4-15-6/h3-4H,1-2H2,(H2,12,13,14,15,16). The number of aromatic amines is 1. The summed E-state index contributed by atoms with van der Waals surface area (Å²) in [5, 5.41) is 2.80. The molecular weight excluding hydrogens is 255 g/mol. The highest BCUT2D eigenvalue weighted by Crippen LogP contribution is 2.29. The normalized spacial score (nSPS) is 11.9. The maximum Gasteiger partial charge on any atom is 0.441 e. The molecule has 0 fully saturated rings. The number of hydrogen-bond acceptors (Lipinski definition) is 5. The molecule has 0 atom stereocenters. The minimum Gasteiger partial charge on any atom is -0.367 e. The molecule has 0 bridgehead atoms. The van der Waals surface area contributed by atoms with Crippen LogP contribution in [0.25, 0.3) is 11.2 Å². The lowest BCUT2D eigenvalue weighted by molar-refractivity contribution is -0.0327. The van der Waals surface area contributed by atoms with E-state index in [2.05, 4.69) is 25.3 Å². The summed E-state index contributed by atoms with van der Waals surface area (Å²) in [7, 11) is 0. The Balaban J connectivity index is 1.93. The van der Waals surface area contributed by atoms with E-state index in [1.54, 1.807) is 0 Å². The summed E-state index contributed by atoms with van der Waals surface area (Å²) in [4.78, 5) is 14.6. The summed E-state index contributed by atoms with van der Waals surface area (Å²) in [5.74, 6) is 0.374. The number of halogens is 3. The fourth-order valence-electron chi connectivity index (χ4n) is 1.24. The molecule has 2 aromatic rings. The second-order valence-electron chi connectivity index (χ2n) is 3.04. The monoisotopic (exact) mass is 263 g/mol. The van der Waals surface area contributed by atoms with Gasteiger partial charge in [0.05, 0.1) is 6.33 Å². The molecular formula is C8H8F3N5S. The topological polar surface area (TPSA) is 66.5 Å². The van der Waals surface area contributed by atoms with Crippen molar-refractivity contribution in [3.05, 3.63) is 12.7 Å². The van der Waals surface area contributed by atoms with Gasteiger partial charge >= 0.3 is 5.51 Å². The lowest BCUT2D eigenvalue weighted by Gasteiger charge is -2.07. The molecule has 0 saturated heterocycles. The summed E-state index contributed by atoms with van der Waals surface area (Å²) in [6.07, 6.45) is 2.76. The van der Waals surface area contributed by atoms with E-state index in [1.165, 1.54) is 12.7 Å². The van der Waals surface area contributed by atoms with E-state index in [0.29, 0.717) is 17.0 Å². The molecule has 2 N–H and O–H groups in total. The fourth-order valence-corrected chi connectivity index (χ4v) is 1.67. The summed E-state index contributed by atoms with van der Waals surface area (Å²) in [5.41, 5.74) is -3.13. The van der Waals surface area contributed by atoms with Crippen LogP contribution >= 0.6 is 11.8 Å².